The van der Waals surface area contributed by atoms with Gasteiger partial charge in [0.15, 0.2) is 0 Å². The van der Waals surface area contributed by atoms with Crippen LogP contribution in [0.1, 0.15) is 10.8 Å². The highest BCUT2D eigenvalue weighted by molar-refractivity contribution is 8.01. The van der Waals surface area contributed by atoms with E-state index in [2.05, 4.69) is 0 Å². The number of halogens is 1. The van der Waals surface area contributed by atoms with Gasteiger partial charge in [-0.1, -0.05) is 24.3 Å². The molecule has 4 heteroatoms. The summed E-state index contributed by atoms with van der Waals surface area (Å²) >= 11 is 3.27. The molecular weight excluding hydrogens is 241 g/mol. The molecule has 0 saturated heterocycles. The largest absolute Gasteiger partial charge is 0.329 e. The second kappa shape index (κ2) is 5.48. The minimum Gasteiger partial charge on any atom is -0.329 e. The van der Waals surface area contributed by atoms with Crippen molar-refractivity contribution in [2.75, 3.05) is 6.54 Å². The van der Waals surface area contributed by atoms with Gasteiger partial charge in [0.05, 0.1) is 9.46 Å². The van der Waals surface area contributed by atoms with Crippen molar-refractivity contribution in [3.63, 3.8) is 0 Å². The number of thioether (sulfide) groups is 1. The zero-order chi connectivity index (χ0) is 11.4. The van der Waals surface area contributed by atoms with Crippen molar-refractivity contribution in [3.8, 4) is 0 Å². The molecule has 0 bridgehead atoms. The number of hydrogen-bond acceptors (Lipinski definition) is 3. The molecule has 2 rings (SSSR count). The Morgan fingerprint density at radius 2 is 2.06 bits per heavy atom. The number of nitrogens with two attached hydrogens (primary N) is 1. The van der Waals surface area contributed by atoms with Gasteiger partial charge in [0.2, 0.25) is 0 Å². The molecule has 0 spiro atoms. The van der Waals surface area contributed by atoms with Gasteiger partial charge in [0.25, 0.3) is 0 Å². The predicted molar refractivity (Wildman–Crippen MR) is 68.4 cm³/mol. The van der Waals surface area contributed by atoms with E-state index in [1.54, 1.807) is 35.2 Å². The van der Waals surface area contributed by atoms with Crippen molar-refractivity contribution >= 4 is 23.1 Å². The number of rotatable bonds is 4. The average molecular weight is 253 g/mol. The fraction of sp³-hybridized carbons (Fsp3) is 0.167. The van der Waals surface area contributed by atoms with Crippen LogP contribution in [0.25, 0.3) is 0 Å². The molecule has 1 aromatic heterocycles. The first-order chi connectivity index (χ1) is 7.81. The normalized spacial score (nSPS) is 12.6. The monoisotopic (exact) mass is 253 g/mol. The molecule has 1 aromatic carbocycles. The Kier molecular flexibility index (Phi) is 3.98. The predicted octanol–water partition coefficient (Wildman–Crippen LogP) is 3.68. The van der Waals surface area contributed by atoms with Crippen LogP contribution in [0.2, 0.25) is 0 Å². The van der Waals surface area contributed by atoms with Crippen LogP contribution in [0, 0.1) is 5.82 Å². The fourth-order valence-electron chi connectivity index (χ4n) is 1.45. The Hall–Kier alpha value is -0.840. The van der Waals surface area contributed by atoms with Crippen molar-refractivity contribution in [1.29, 1.82) is 0 Å². The van der Waals surface area contributed by atoms with E-state index in [1.165, 1.54) is 10.3 Å². The van der Waals surface area contributed by atoms with Gasteiger partial charge in [-0.15, -0.1) is 23.1 Å². The van der Waals surface area contributed by atoms with E-state index < -0.39 is 0 Å². The highest BCUT2D eigenvalue weighted by Gasteiger charge is 2.15. The van der Waals surface area contributed by atoms with Gasteiger partial charge in [-0.05, 0) is 17.5 Å². The molecule has 16 heavy (non-hydrogen) atoms. The SMILES string of the molecule is NCC(Sc1cccs1)c1ccccc1F. The highest BCUT2D eigenvalue weighted by atomic mass is 32.2. The van der Waals surface area contributed by atoms with E-state index in [9.17, 15) is 4.39 Å². The maximum atomic E-state index is 13.6. The molecule has 1 unspecified atom stereocenters. The van der Waals surface area contributed by atoms with Crippen LogP contribution < -0.4 is 5.73 Å². The summed E-state index contributed by atoms with van der Waals surface area (Å²) in [6.07, 6.45) is 0. The number of benzene rings is 1. The molecule has 0 saturated carbocycles. The first-order valence-corrected chi connectivity index (χ1v) is 6.72. The van der Waals surface area contributed by atoms with E-state index in [-0.39, 0.29) is 11.1 Å². The van der Waals surface area contributed by atoms with Gasteiger partial charge in [0, 0.05) is 12.1 Å². The molecule has 0 fully saturated rings. The third-order valence-electron chi connectivity index (χ3n) is 2.22. The third-order valence-corrected chi connectivity index (χ3v) is 4.56. The van der Waals surface area contributed by atoms with Gasteiger partial charge < -0.3 is 5.73 Å². The highest BCUT2D eigenvalue weighted by Crippen LogP contribution is 2.37. The number of thiophene rings is 1. The van der Waals surface area contributed by atoms with Crippen LogP contribution >= 0.6 is 23.1 Å². The lowest BCUT2D eigenvalue weighted by Crippen LogP contribution is -2.10. The Morgan fingerprint density at radius 3 is 2.69 bits per heavy atom. The minimum absolute atomic E-state index is 0.0140. The fourth-order valence-corrected chi connectivity index (χ4v) is 3.48. The van der Waals surface area contributed by atoms with E-state index in [0.717, 1.165) is 0 Å². The zero-order valence-corrected chi connectivity index (χ0v) is 10.2. The molecule has 0 amide bonds. The average Bonchev–Trinajstić information content (AvgIpc) is 2.80. The van der Waals surface area contributed by atoms with Crippen LogP contribution in [0.3, 0.4) is 0 Å². The smallest absolute Gasteiger partial charge is 0.127 e. The second-order valence-corrected chi connectivity index (χ2v) is 5.75. The molecule has 1 heterocycles. The third kappa shape index (κ3) is 2.64. The molecule has 2 N–H and O–H groups in total. The zero-order valence-electron chi connectivity index (χ0n) is 8.60. The Balaban J connectivity index is 2.20. The van der Waals surface area contributed by atoms with E-state index in [0.29, 0.717) is 12.1 Å². The summed E-state index contributed by atoms with van der Waals surface area (Å²) in [5, 5.41) is 2.00. The molecule has 84 valence electrons. The molecular formula is C12H12FNS2. The maximum Gasteiger partial charge on any atom is 0.127 e. The molecule has 1 atom stereocenters. The molecule has 2 aromatic rings. The maximum absolute atomic E-state index is 13.6. The lowest BCUT2D eigenvalue weighted by Gasteiger charge is -2.14. The summed E-state index contributed by atoms with van der Waals surface area (Å²) in [5.74, 6) is -0.179. The first-order valence-electron chi connectivity index (χ1n) is 4.96. The topological polar surface area (TPSA) is 26.0 Å². The van der Waals surface area contributed by atoms with Gasteiger partial charge in [-0.3, -0.25) is 0 Å². The van der Waals surface area contributed by atoms with Gasteiger partial charge in [-0.2, -0.15) is 0 Å². The van der Waals surface area contributed by atoms with Gasteiger partial charge in [0.1, 0.15) is 5.82 Å². The molecule has 0 aliphatic heterocycles. The number of hydrogen-bond donors (Lipinski definition) is 1. The van der Waals surface area contributed by atoms with Crippen LogP contribution in [-0.2, 0) is 0 Å². The lowest BCUT2D eigenvalue weighted by molar-refractivity contribution is 0.608. The summed E-state index contributed by atoms with van der Waals surface area (Å²) in [4.78, 5) is 0. The minimum atomic E-state index is -0.179. The Bertz CT molecular complexity index is 442. The first kappa shape index (κ1) is 11.6. The molecule has 1 nitrogen and oxygen atoms in total. The van der Waals surface area contributed by atoms with Crippen molar-refractivity contribution in [2.24, 2.45) is 5.73 Å². The van der Waals surface area contributed by atoms with Crippen molar-refractivity contribution < 1.29 is 4.39 Å². The molecule has 0 aliphatic carbocycles. The van der Waals surface area contributed by atoms with Crippen LogP contribution in [0.4, 0.5) is 4.39 Å². The van der Waals surface area contributed by atoms with Crippen LogP contribution in [-0.4, -0.2) is 6.54 Å². The second-order valence-electron chi connectivity index (χ2n) is 3.30. The summed E-state index contributed by atoms with van der Waals surface area (Å²) in [7, 11) is 0. The Labute approximate surface area is 102 Å². The standard InChI is InChI=1S/C12H12FNS2/c13-10-5-2-1-4-9(10)11(8-14)16-12-6-3-7-15-12/h1-7,11H,8,14H2. The quantitative estimate of drug-likeness (QED) is 0.841. The lowest BCUT2D eigenvalue weighted by atomic mass is 10.1. The summed E-state index contributed by atoms with van der Waals surface area (Å²) < 4.78 is 14.8. The van der Waals surface area contributed by atoms with Crippen molar-refractivity contribution in [2.45, 2.75) is 9.46 Å². The molecule has 0 aliphatic rings. The van der Waals surface area contributed by atoms with Crippen molar-refractivity contribution in [1.82, 2.24) is 0 Å². The summed E-state index contributed by atoms with van der Waals surface area (Å²) in [5.41, 5.74) is 6.39. The summed E-state index contributed by atoms with van der Waals surface area (Å²) in [6.45, 7) is 0.434. The molecule has 0 radical (unpaired) electrons. The summed E-state index contributed by atoms with van der Waals surface area (Å²) in [6, 6.07) is 10.8. The van der Waals surface area contributed by atoms with Gasteiger partial charge in [-0.25, -0.2) is 4.39 Å². The van der Waals surface area contributed by atoms with Crippen LogP contribution in [0.5, 0.6) is 0 Å². The van der Waals surface area contributed by atoms with Crippen LogP contribution in [0.15, 0.2) is 46.0 Å². The van der Waals surface area contributed by atoms with Crippen molar-refractivity contribution in [3.05, 3.63) is 53.2 Å². The Morgan fingerprint density at radius 1 is 1.25 bits per heavy atom. The van der Waals surface area contributed by atoms with E-state index in [4.69, 9.17) is 5.73 Å². The van der Waals surface area contributed by atoms with E-state index in [1.807, 2.05) is 23.6 Å². The van der Waals surface area contributed by atoms with E-state index >= 15 is 0 Å². The van der Waals surface area contributed by atoms with Gasteiger partial charge >= 0.3 is 0 Å².